The van der Waals surface area contributed by atoms with Crippen LogP contribution in [-0.4, -0.2) is 34.4 Å². The lowest BCUT2D eigenvalue weighted by molar-refractivity contribution is -0.121. The zero-order valence-corrected chi connectivity index (χ0v) is 18.1. The lowest BCUT2D eigenvalue weighted by atomic mass is 9.96. The standard InChI is InChI=1S/C25H22F3N3O3/c26-19-9-10-20(23(28)22(19)27)29-24(33)17-7-4-12-30(14-17)25(34)18-8-11-21(32)31(15-18)13-16-5-2-1-3-6-16/h1-3,5-6,8-11,15,17H,4,7,12-14H2,(H,29,33). The molecular weight excluding hydrogens is 447 g/mol. The first-order valence-electron chi connectivity index (χ1n) is 10.8. The van der Waals surface area contributed by atoms with E-state index < -0.39 is 35.0 Å². The van der Waals surface area contributed by atoms with Gasteiger partial charge in [0.2, 0.25) is 5.91 Å². The molecule has 0 aliphatic carbocycles. The molecule has 2 aromatic carbocycles. The number of hydrogen-bond donors (Lipinski definition) is 1. The lowest BCUT2D eigenvalue weighted by Gasteiger charge is -2.32. The number of carbonyl (C=O) groups excluding carboxylic acids is 2. The largest absolute Gasteiger partial charge is 0.338 e. The minimum absolute atomic E-state index is 0.0772. The molecule has 0 radical (unpaired) electrons. The third-order valence-electron chi connectivity index (χ3n) is 5.80. The molecule has 1 saturated heterocycles. The van der Waals surface area contributed by atoms with Gasteiger partial charge in [-0.05, 0) is 36.6 Å². The number of anilines is 1. The number of halogens is 3. The van der Waals surface area contributed by atoms with Crippen LogP contribution < -0.4 is 10.9 Å². The maximum Gasteiger partial charge on any atom is 0.255 e. The summed E-state index contributed by atoms with van der Waals surface area (Å²) in [6, 6.07) is 13.8. The van der Waals surface area contributed by atoms with Gasteiger partial charge < -0.3 is 14.8 Å². The highest BCUT2D eigenvalue weighted by atomic mass is 19.2. The Labute approximate surface area is 193 Å². The zero-order chi connectivity index (χ0) is 24.2. The van der Waals surface area contributed by atoms with Crippen LogP contribution in [0.3, 0.4) is 0 Å². The van der Waals surface area contributed by atoms with E-state index in [2.05, 4.69) is 5.32 Å². The Morgan fingerprint density at radius 3 is 2.50 bits per heavy atom. The number of nitrogens with zero attached hydrogens (tertiary/aromatic N) is 2. The minimum Gasteiger partial charge on any atom is -0.338 e. The predicted octanol–water partition coefficient (Wildman–Crippen LogP) is 3.80. The molecule has 1 aliphatic heterocycles. The van der Waals surface area contributed by atoms with E-state index in [0.29, 0.717) is 31.5 Å². The van der Waals surface area contributed by atoms with Crippen LogP contribution in [0, 0.1) is 23.4 Å². The third kappa shape index (κ3) is 5.03. The maximum atomic E-state index is 13.9. The van der Waals surface area contributed by atoms with Gasteiger partial charge in [0.15, 0.2) is 17.5 Å². The number of likely N-dealkylation sites (tertiary alicyclic amines) is 1. The van der Waals surface area contributed by atoms with Gasteiger partial charge in [-0.3, -0.25) is 14.4 Å². The molecule has 4 rings (SSSR count). The van der Waals surface area contributed by atoms with Gasteiger partial charge in [-0.1, -0.05) is 30.3 Å². The Balaban J connectivity index is 1.46. The first kappa shape index (κ1) is 23.3. The molecule has 0 bridgehead atoms. The number of rotatable bonds is 5. The van der Waals surface area contributed by atoms with Crippen LogP contribution in [0.4, 0.5) is 18.9 Å². The van der Waals surface area contributed by atoms with E-state index >= 15 is 0 Å². The van der Waals surface area contributed by atoms with Crippen LogP contribution in [0.2, 0.25) is 0 Å². The molecule has 1 aliphatic rings. The van der Waals surface area contributed by atoms with Crippen LogP contribution in [-0.2, 0) is 11.3 Å². The number of piperidine rings is 1. The highest BCUT2D eigenvalue weighted by Gasteiger charge is 2.30. The molecule has 1 unspecified atom stereocenters. The molecule has 3 aromatic rings. The molecule has 1 fully saturated rings. The Morgan fingerprint density at radius 1 is 0.971 bits per heavy atom. The molecule has 0 saturated carbocycles. The smallest absolute Gasteiger partial charge is 0.255 e. The summed E-state index contributed by atoms with van der Waals surface area (Å²) in [4.78, 5) is 39.5. The van der Waals surface area contributed by atoms with Crippen LogP contribution in [0.15, 0.2) is 65.6 Å². The van der Waals surface area contributed by atoms with E-state index in [-0.39, 0.29) is 18.0 Å². The molecule has 2 heterocycles. The van der Waals surface area contributed by atoms with Crippen LogP contribution >= 0.6 is 0 Å². The van der Waals surface area contributed by atoms with Crippen LogP contribution in [0.25, 0.3) is 0 Å². The van der Waals surface area contributed by atoms with Gasteiger partial charge in [0.05, 0.1) is 23.7 Å². The van der Waals surface area contributed by atoms with E-state index in [1.807, 2.05) is 30.3 Å². The summed E-state index contributed by atoms with van der Waals surface area (Å²) in [7, 11) is 0. The summed E-state index contributed by atoms with van der Waals surface area (Å²) >= 11 is 0. The fourth-order valence-corrected chi connectivity index (χ4v) is 3.98. The Hall–Kier alpha value is -3.88. The fraction of sp³-hybridized carbons (Fsp3) is 0.240. The van der Waals surface area contributed by atoms with E-state index in [0.717, 1.165) is 17.7 Å². The van der Waals surface area contributed by atoms with Gasteiger partial charge >= 0.3 is 0 Å². The topological polar surface area (TPSA) is 71.4 Å². The van der Waals surface area contributed by atoms with Crippen molar-refractivity contribution in [1.29, 1.82) is 0 Å². The fourth-order valence-electron chi connectivity index (χ4n) is 3.98. The number of aromatic nitrogens is 1. The van der Waals surface area contributed by atoms with Gasteiger partial charge in [0, 0.05) is 25.4 Å². The van der Waals surface area contributed by atoms with Gasteiger partial charge in [-0.15, -0.1) is 0 Å². The van der Waals surface area contributed by atoms with Gasteiger partial charge in [-0.25, -0.2) is 13.2 Å². The van der Waals surface area contributed by atoms with E-state index in [9.17, 15) is 27.6 Å². The minimum atomic E-state index is -1.66. The average Bonchev–Trinajstić information content (AvgIpc) is 2.86. The Morgan fingerprint density at radius 2 is 1.74 bits per heavy atom. The number of pyridine rings is 1. The number of amides is 2. The van der Waals surface area contributed by atoms with Crippen molar-refractivity contribution in [2.75, 3.05) is 18.4 Å². The van der Waals surface area contributed by atoms with E-state index in [4.69, 9.17) is 0 Å². The predicted molar refractivity (Wildman–Crippen MR) is 120 cm³/mol. The van der Waals surface area contributed by atoms with Crippen molar-refractivity contribution in [3.8, 4) is 0 Å². The van der Waals surface area contributed by atoms with E-state index in [1.165, 1.54) is 27.8 Å². The quantitative estimate of drug-likeness (QED) is 0.578. The first-order valence-corrected chi connectivity index (χ1v) is 10.8. The molecule has 1 atom stereocenters. The molecule has 2 amide bonds. The number of benzene rings is 2. The van der Waals surface area contributed by atoms with Gasteiger partial charge in [0.1, 0.15) is 0 Å². The van der Waals surface area contributed by atoms with Crippen molar-refractivity contribution in [3.05, 3.63) is 99.7 Å². The maximum absolute atomic E-state index is 13.9. The Bertz CT molecular complexity index is 1280. The molecule has 1 N–H and O–H groups in total. The summed E-state index contributed by atoms with van der Waals surface area (Å²) in [5.41, 5.74) is 0.516. The molecule has 0 spiro atoms. The van der Waals surface area contributed by atoms with Crippen molar-refractivity contribution >= 4 is 17.5 Å². The van der Waals surface area contributed by atoms with E-state index in [1.54, 1.807) is 0 Å². The number of hydrogen-bond acceptors (Lipinski definition) is 3. The van der Waals surface area contributed by atoms with Crippen molar-refractivity contribution in [1.82, 2.24) is 9.47 Å². The first-order chi connectivity index (χ1) is 16.3. The molecular formula is C25H22F3N3O3. The summed E-state index contributed by atoms with van der Waals surface area (Å²) in [6.07, 6.45) is 2.49. The second-order valence-corrected chi connectivity index (χ2v) is 8.17. The summed E-state index contributed by atoms with van der Waals surface area (Å²) < 4.78 is 42.0. The molecule has 1 aromatic heterocycles. The molecule has 6 nitrogen and oxygen atoms in total. The molecule has 176 valence electrons. The summed E-state index contributed by atoms with van der Waals surface area (Å²) in [5, 5.41) is 2.29. The SMILES string of the molecule is O=C(Nc1ccc(F)c(F)c1F)C1CCCN(C(=O)c2ccc(=O)n(Cc3ccccc3)c2)C1. The van der Waals surface area contributed by atoms with Crippen molar-refractivity contribution in [2.24, 2.45) is 5.92 Å². The van der Waals surface area contributed by atoms with Crippen molar-refractivity contribution in [3.63, 3.8) is 0 Å². The van der Waals surface area contributed by atoms with Crippen molar-refractivity contribution < 1.29 is 22.8 Å². The normalized spacial score (nSPS) is 15.7. The molecule has 34 heavy (non-hydrogen) atoms. The van der Waals surface area contributed by atoms with Crippen LogP contribution in [0.5, 0.6) is 0 Å². The summed E-state index contributed by atoms with van der Waals surface area (Å²) in [6.45, 7) is 0.805. The average molecular weight is 469 g/mol. The Kier molecular flexibility index (Phi) is 6.81. The molecule has 9 heteroatoms. The van der Waals surface area contributed by atoms with Crippen LogP contribution in [0.1, 0.15) is 28.8 Å². The third-order valence-corrected chi connectivity index (χ3v) is 5.80. The van der Waals surface area contributed by atoms with Crippen molar-refractivity contribution in [2.45, 2.75) is 19.4 Å². The number of nitrogens with one attached hydrogen (secondary N) is 1. The van der Waals surface area contributed by atoms with Gasteiger partial charge in [-0.2, -0.15) is 0 Å². The lowest BCUT2D eigenvalue weighted by Crippen LogP contribution is -2.44. The highest BCUT2D eigenvalue weighted by molar-refractivity contribution is 5.96. The van der Waals surface area contributed by atoms with Gasteiger partial charge in [0.25, 0.3) is 11.5 Å². The second kappa shape index (κ2) is 9.94. The zero-order valence-electron chi connectivity index (χ0n) is 18.1. The monoisotopic (exact) mass is 469 g/mol. The number of carbonyl (C=O) groups is 2. The summed E-state index contributed by atoms with van der Waals surface area (Å²) in [5.74, 6) is -6.06. The second-order valence-electron chi connectivity index (χ2n) is 8.17. The highest BCUT2D eigenvalue weighted by Crippen LogP contribution is 2.23.